The Balaban J connectivity index is 1.63. The lowest BCUT2D eigenvalue weighted by atomic mass is 10.1. The van der Waals surface area contributed by atoms with Crippen molar-refractivity contribution >= 4 is 31.6 Å². The smallest absolute Gasteiger partial charge is 0.262 e. The van der Waals surface area contributed by atoms with E-state index in [-0.39, 0.29) is 17.0 Å². The van der Waals surface area contributed by atoms with Crippen molar-refractivity contribution in [3.05, 3.63) is 51.4 Å². The van der Waals surface area contributed by atoms with Gasteiger partial charge in [0.2, 0.25) is 10.0 Å². The number of hydrogen-bond acceptors (Lipinski definition) is 7. The summed E-state index contributed by atoms with van der Waals surface area (Å²) in [5, 5.41) is 0.622. The van der Waals surface area contributed by atoms with E-state index in [1.54, 1.807) is 42.3 Å². The fourth-order valence-electron chi connectivity index (χ4n) is 3.64. The molecule has 0 radical (unpaired) electrons. The predicted molar refractivity (Wildman–Crippen MR) is 115 cm³/mol. The van der Waals surface area contributed by atoms with Crippen molar-refractivity contribution in [2.45, 2.75) is 30.8 Å². The van der Waals surface area contributed by atoms with Crippen LogP contribution in [0.15, 0.2) is 40.3 Å². The minimum absolute atomic E-state index is 0.0694. The van der Waals surface area contributed by atoms with E-state index >= 15 is 0 Å². The van der Waals surface area contributed by atoms with Gasteiger partial charge in [-0.05, 0) is 42.7 Å². The lowest BCUT2D eigenvalue weighted by molar-refractivity contribution is 0.190. The SMILES string of the molecule is COCCCn1cnc2sc3c(c2c1=O)CCN(S(=O)(=O)c1ccc(OC)cc1)C3. The summed E-state index contributed by atoms with van der Waals surface area (Å²) in [6, 6.07) is 6.37. The number of sulfonamides is 1. The first kappa shape index (κ1) is 21.0. The molecule has 0 atom stereocenters. The summed E-state index contributed by atoms with van der Waals surface area (Å²) >= 11 is 1.40. The fourth-order valence-corrected chi connectivity index (χ4v) is 6.32. The van der Waals surface area contributed by atoms with Gasteiger partial charge in [-0.15, -0.1) is 11.3 Å². The van der Waals surface area contributed by atoms with Crippen molar-refractivity contribution < 1.29 is 17.9 Å². The molecular formula is C20H23N3O5S2. The van der Waals surface area contributed by atoms with Crippen molar-refractivity contribution in [1.29, 1.82) is 0 Å². The Kier molecular flexibility index (Phi) is 5.92. The summed E-state index contributed by atoms with van der Waals surface area (Å²) in [5.74, 6) is 0.604. The first-order valence-electron chi connectivity index (χ1n) is 9.58. The molecule has 3 heterocycles. The Bertz CT molecular complexity index is 1220. The number of fused-ring (bicyclic) bond motifs is 3. The minimum atomic E-state index is -3.63. The van der Waals surface area contributed by atoms with E-state index in [9.17, 15) is 13.2 Å². The van der Waals surface area contributed by atoms with E-state index in [2.05, 4.69) is 4.98 Å². The van der Waals surface area contributed by atoms with Gasteiger partial charge in [-0.1, -0.05) is 0 Å². The highest BCUT2D eigenvalue weighted by atomic mass is 32.2. The number of methoxy groups -OCH3 is 2. The maximum Gasteiger partial charge on any atom is 0.262 e. The van der Waals surface area contributed by atoms with Gasteiger partial charge in [0.15, 0.2) is 0 Å². The van der Waals surface area contributed by atoms with Crippen LogP contribution in [0.1, 0.15) is 16.9 Å². The second kappa shape index (κ2) is 8.46. The molecule has 30 heavy (non-hydrogen) atoms. The van der Waals surface area contributed by atoms with Crippen LogP contribution in [-0.2, 0) is 34.3 Å². The second-order valence-corrected chi connectivity index (χ2v) is 10.1. The molecule has 0 amide bonds. The summed E-state index contributed by atoms with van der Waals surface area (Å²) in [7, 11) is -0.465. The number of ether oxygens (including phenoxy) is 2. The molecule has 0 aliphatic carbocycles. The third-order valence-electron chi connectivity index (χ3n) is 5.24. The second-order valence-electron chi connectivity index (χ2n) is 7.04. The predicted octanol–water partition coefficient (Wildman–Crippen LogP) is 2.25. The van der Waals surface area contributed by atoms with E-state index in [1.165, 1.54) is 22.8 Å². The number of hydrogen-bond donors (Lipinski definition) is 0. The average molecular weight is 450 g/mol. The molecule has 2 aromatic heterocycles. The van der Waals surface area contributed by atoms with Crippen LogP contribution in [-0.4, -0.2) is 49.6 Å². The summed E-state index contributed by atoms with van der Waals surface area (Å²) in [6.45, 7) is 1.68. The molecule has 0 spiro atoms. The van der Waals surface area contributed by atoms with Crippen molar-refractivity contribution in [3.63, 3.8) is 0 Å². The molecule has 1 aliphatic rings. The van der Waals surface area contributed by atoms with E-state index < -0.39 is 10.0 Å². The molecule has 0 N–H and O–H groups in total. The molecule has 4 rings (SSSR count). The van der Waals surface area contributed by atoms with Crippen LogP contribution in [0.3, 0.4) is 0 Å². The van der Waals surface area contributed by atoms with Gasteiger partial charge in [-0.2, -0.15) is 4.31 Å². The van der Waals surface area contributed by atoms with Crippen molar-refractivity contribution in [2.75, 3.05) is 27.4 Å². The Morgan fingerprint density at radius 3 is 2.67 bits per heavy atom. The number of aryl methyl sites for hydroxylation is 1. The zero-order chi connectivity index (χ0) is 21.3. The Hall–Kier alpha value is -2.27. The molecular weight excluding hydrogens is 426 g/mol. The van der Waals surface area contributed by atoms with Gasteiger partial charge in [-0.25, -0.2) is 13.4 Å². The summed E-state index contributed by atoms with van der Waals surface area (Å²) in [5.41, 5.74) is 0.856. The van der Waals surface area contributed by atoms with Crippen molar-refractivity contribution in [2.24, 2.45) is 0 Å². The maximum atomic E-state index is 13.1. The highest BCUT2D eigenvalue weighted by Gasteiger charge is 2.31. The molecule has 0 saturated heterocycles. The number of nitrogens with zero attached hydrogens (tertiary/aromatic N) is 3. The van der Waals surface area contributed by atoms with Gasteiger partial charge >= 0.3 is 0 Å². The van der Waals surface area contributed by atoms with Gasteiger partial charge in [0, 0.05) is 38.2 Å². The molecule has 10 heteroatoms. The summed E-state index contributed by atoms with van der Waals surface area (Å²) in [6.07, 6.45) is 2.78. The molecule has 160 valence electrons. The third kappa shape index (κ3) is 3.76. The number of rotatable bonds is 7. The highest BCUT2D eigenvalue weighted by Crippen LogP contribution is 2.34. The van der Waals surface area contributed by atoms with Crippen molar-refractivity contribution in [1.82, 2.24) is 13.9 Å². The Morgan fingerprint density at radius 2 is 1.97 bits per heavy atom. The number of thiophene rings is 1. The van der Waals surface area contributed by atoms with Crippen LogP contribution in [0.5, 0.6) is 5.75 Å². The van der Waals surface area contributed by atoms with Gasteiger partial charge in [0.25, 0.3) is 5.56 Å². The number of benzene rings is 1. The summed E-state index contributed by atoms with van der Waals surface area (Å²) in [4.78, 5) is 19.2. The molecule has 0 unspecified atom stereocenters. The number of aromatic nitrogens is 2. The zero-order valence-corrected chi connectivity index (χ0v) is 18.5. The molecule has 0 fully saturated rings. The lowest BCUT2D eigenvalue weighted by Gasteiger charge is -2.26. The lowest BCUT2D eigenvalue weighted by Crippen LogP contribution is -2.35. The third-order valence-corrected chi connectivity index (χ3v) is 8.22. The van der Waals surface area contributed by atoms with Gasteiger partial charge in [0.1, 0.15) is 10.6 Å². The van der Waals surface area contributed by atoms with Crippen LogP contribution in [0.2, 0.25) is 0 Å². The first-order chi connectivity index (χ1) is 14.5. The zero-order valence-electron chi connectivity index (χ0n) is 16.8. The first-order valence-corrected chi connectivity index (χ1v) is 11.8. The molecule has 1 aromatic carbocycles. The molecule has 8 nitrogen and oxygen atoms in total. The van der Waals surface area contributed by atoms with Gasteiger partial charge < -0.3 is 9.47 Å². The van der Waals surface area contributed by atoms with Crippen molar-refractivity contribution in [3.8, 4) is 5.75 Å². The standard InChI is InChI=1S/C20H23N3O5S2/c1-27-11-3-9-22-13-21-19-18(20(22)24)16-8-10-23(12-17(16)29-19)30(25,26)15-6-4-14(28-2)5-7-15/h4-7,13H,3,8-12H2,1-2H3. The highest BCUT2D eigenvalue weighted by molar-refractivity contribution is 7.89. The normalized spacial score (nSPS) is 14.7. The maximum absolute atomic E-state index is 13.1. The summed E-state index contributed by atoms with van der Waals surface area (Å²) < 4.78 is 39.4. The fraction of sp³-hybridized carbons (Fsp3) is 0.400. The largest absolute Gasteiger partial charge is 0.497 e. The topological polar surface area (TPSA) is 90.7 Å². The Labute approximate surface area is 178 Å². The molecule has 0 bridgehead atoms. The van der Waals surface area contributed by atoms with Crippen LogP contribution in [0.4, 0.5) is 0 Å². The van der Waals surface area contributed by atoms with E-state index in [4.69, 9.17) is 9.47 Å². The van der Waals surface area contributed by atoms with E-state index in [0.29, 0.717) is 42.1 Å². The average Bonchev–Trinajstić information content (AvgIpc) is 3.14. The van der Waals surface area contributed by atoms with Gasteiger partial charge in [-0.3, -0.25) is 9.36 Å². The van der Waals surface area contributed by atoms with Crippen LogP contribution in [0.25, 0.3) is 10.2 Å². The van der Waals surface area contributed by atoms with Gasteiger partial charge in [0.05, 0.1) is 23.7 Å². The Morgan fingerprint density at radius 1 is 1.20 bits per heavy atom. The van der Waals surface area contributed by atoms with E-state index in [0.717, 1.165) is 16.9 Å². The molecule has 1 aliphatic heterocycles. The van der Waals surface area contributed by atoms with Crippen LogP contribution in [0, 0.1) is 0 Å². The van der Waals surface area contributed by atoms with E-state index in [1.807, 2.05) is 0 Å². The minimum Gasteiger partial charge on any atom is -0.497 e. The van der Waals surface area contributed by atoms with Crippen LogP contribution >= 0.6 is 11.3 Å². The molecule has 3 aromatic rings. The van der Waals surface area contributed by atoms with Crippen LogP contribution < -0.4 is 10.3 Å². The quantitative estimate of drug-likeness (QED) is 0.514. The molecule has 0 saturated carbocycles. The monoisotopic (exact) mass is 449 g/mol.